The van der Waals surface area contributed by atoms with Crippen molar-refractivity contribution in [1.82, 2.24) is 5.32 Å². The van der Waals surface area contributed by atoms with E-state index in [-0.39, 0.29) is 18.9 Å². The van der Waals surface area contributed by atoms with Crippen LogP contribution in [0.15, 0.2) is 97.2 Å². The summed E-state index contributed by atoms with van der Waals surface area (Å²) in [4.78, 5) is 13.5. The highest BCUT2D eigenvalue weighted by Gasteiger charge is 2.54. The number of ether oxygens (including phenoxy) is 6. The summed E-state index contributed by atoms with van der Waals surface area (Å²) in [5.41, 5.74) is 0. The molecular formula is C91H161NO18. The molecule has 3 aliphatic rings. The molecule has 0 bridgehead atoms. The van der Waals surface area contributed by atoms with Crippen LogP contribution in [-0.4, -0.2) is 193 Å². The van der Waals surface area contributed by atoms with E-state index in [0.29, 0.717) is 12.8 Å². The summed E-state index contributed by atoms with van der Waals surface area (Å²) in [6.07, 6.45) is 69.3. The van der Waals surface area contributed by atoms with Crippen LogP contribution >= 0.6 is 0 Å². The van der Waals surface area contributed by atoms with Crippen LogP contribution in [0.1, 0.15) is 341 Å². The van der Waals surface area contributed by atoms with E-state index in [1.165, 1.54) is 193 Å². The van der Waals surface area contributed by atoms with Crippen LogP contribution < -0.4 is 5.32 Å². The van der Waals surface area contributed by atoms with Gasteiger partial charge in [0, 0.05) is 6.42 Å². The zero-order valence-electron chi connectivity index (χ0n) is 68.7. The minimum Gasteiger partial charge on any atom is -0.394 e. The van der Waals surface area contributed by atoms with Crippen LogP contribution in [0.25, 0.3) is 0 Å². The Balaban J connectivity index is 1.34. The van der Waals surface area contributed by atoms with E-state index < -0.39 is 124 Å². The van der Waals surface area contributed by atoms with E-state index in [9.17, 15) is 61.0 Å². The molecule has 1 amide bonds. The van der Waals surface area contributed by atoms with Gasteiger partial charge in [-0.05, 0) is 77.0 Å². The van der Waals surface area contributed by atoms with Crippen molar-refractivity contribution in [3.63, 3.8) is 0 Å². The molecule has 3 aliphatic heterocycles. The average molecular weight is 1560 g/mol. The smallest absolute Gasteiger partial charge is 0.220 e. The third-order valence-corrected chi connectivity index (χ3v) is 21.7. The molecule has 3 fully saturated rings. The first-order valence-corrected chi connectivity index (χ1v) is 44.5. The first-order valence-electron chi connectivity index (χ1n) is 44.5. The Kier molecular flexibility index (Phi) is 64.2. The van der Waals surface area contributed by atoms with E-state index >= 15 is 0 Å². The van der Waals surface area contributed by atoms with Crippen molar-refractivity contribution in [3.8, 4) is 0 Å². The highest BCUT2D eigenvalue weighted by molar-refractivity contribution is 5.76. The minimum absolute atomic E-state index is 0.251. The molecule has 19 nitrogen and oxygen atoms in total. The second-order valence-corrected chi connectivity index (χ2v) is 31.3. The highest BCUT2D eigenvalue weighted by atomic mass is 16.8. The molecule has 12 N–H and O–H groups in total. The number of amides is 1. The molecule has 0 aromatic carbocycles. The molecular weight excluding hydrogens is 1390 g/mol. The van der Waals surface area contributed by atoms with Gasteiger partial charge < -0.3 is 89.9 Å². The molecule has 110 heavy (non-hydrogen) atoms. The van der Waals surface area contributed by atoms with Gasteiger partial charge in [-0.1, -0.05) is 355 Å². The number of hydrogen-bond acceptors (Lipinski definition) is 18. The summed E-state index contributed by atoms with van der Waals surface area (Å²) in [6.45, 7) is 1.72. The third kappa shape index (κ3) is 48.3. The largest absolute Gasteiger partial charge is 0.394 e. The first-order chi connectivity index (χ1) is 53.8. The lowest BCUT2D eigenvalue weighted by Gasteiger charge is -2.48. The van der Waals surface area contributed by atoms with Gasteiger partial charge in [0.25, 0.3) is 0 Å². The second-order valence-electron chi connectivity index (χ2n) is 31.3. The van der Waals surface area contributed by atoms with E-state index in [2.05, 4.69) is 116 Å². The maximum Gasteiger partial charge on any atom is 0.220 e. The summed E-state index contributed by atoms with van der Waals surface area (Å²) >= 11 is 0. The van der Waals surface area contributed by atoms with Gasteiger partial charge in [0.2, 0.25) is 5.91 Å². The number of unbranched alkanes of at least 4 members (excludes halogenated alkanes) is 39. The Bertz CT molecular complexity index is 2360. The van der Waals surface area contributed by atoms with Gasteiger partial charge in [-0.15, -0.1) is 0 Å². The van der Waals surface area contributed by atoms with Crippen LogP contribution in [0.3, 0.4) is 0 Å². The SMILES string of the molecule is CC/C=C\C/C=C\C/C=C\C/C=C\C/C=C\C/C=C\C/C=C\C/C=C\CCCCCCCCCCC(=O)NC(COC1OC(CO)C(OC2OC(CO)C(OC3OC(CO)C(O)C(O)C3O)C(O)C2O)C(O)C1O)C(O)CCCCCCCCCCCCCCCCCCCCCCCCCCCCCCCCCC. The normalized spacial score (nSPS) is 25.6. The van der Waals surface area contributed by atoms with Crippen molar-refractivity contribution in [3.05, 3.63) is 97.2 Å². The van der Waals surface area contributed by atoms with Crippen LogP contribution in [0.2, 0.25) is 0 Å². The number of aliphatic hydroxyl groups excluding tert-OH is 11. The Labute approximate surface area is 666 Å². The topological polar surface area (TPSA) is 307 Å². The minimum atomic E-state index is -1.98. The summed E-state index contributed by atoms with van der Waals surface area (Å²) in [5, 5.41) is 121. The van der Waals surface area contributed by atoms with E-state index in [0.717, 1.165) is 116 Å². The molecule has 19 heteroatoms. The molecule has 3 heterocycles. The van der Waals surface area contributed by atoms with Crippen molar-refractivity contribution in [1.29, 1.82) is 0 Å². The van der Waals surface area contributed by atoms with Crippen LogP contribution in [-0.2, 0) is 33.2 Å². The molecule has 17 atom stereocenters. The second kappa shape index (κ2) is 70.0. The standard InChI is InChI=1S/C91H161NO18/c1-3-5-7-9-11-13-15-17-19-21-23-25-27-29-31-33-35-37-39-41-43-45-47-49-51-53-55-57-59-61-63-65-67-69-79(97)92-74(75(96)68-66-64-62-60-58-56-54-52-50-48-46-44-42-40-38-36-34-32-30-28-26-24-22-20-18-16-14-12-10-8-6-4-2)73-105-89-85(103)82(100)87(77(71-94)107-89)110-91-86(104)83(101)88(78(72-95)108-91)109-90-84(102)81(99)80(98)76(70-93)106-90/h5,7,11,13,17,19,23,25,29,31,35,37,41,43,47,49,74-78,80-91,93-96,98-104H,3-4,6,8-10,12,14-16,18,20-22,24,26-28,30,32-34,36,38-40,42,44-46,48,50-73H2,1-2H3,(H,92,97)/b7-5-,13-11-,19-17-,25-23-,31-29-,37-35-,43-41-,49-47-. The van der Waals surface area contributed by atoms with Gasteiger partial charge in [0.1, 0.15) is 73.2 Å². The predicted octanol–water partition coefficient (Wildman–Crippen LogP) is 16.7. The zero-order valence-corrected chi connectivity index (χ0v) is 68.7. The van der Waals surface area contributed by atoms with Gasteiger partial charge in [-0.2, -0.15) is 0 Å². The summed E-state index contributed by atoms with van der Waals surface area (Å²) in [5.74, 6) is -0.251. The van der Waals surface area contributed by atoms with E-state index in [4.69, 9.17) is 28.4 Å². The van der Waals surface area contributed by atoms with Gasteiger partial charge in [0.15, 0.2) is 18.9 Å². The fourth-order valence-corrected chi connectivity index (χ4v) is 14.6. The lowest BCUT2D eigenvalue weighted by atomic mass is 9.96. The Morgan fingerprint density at radius 1 is 0.336 bits per heavy atom. The lowest BCUT2D eigenvalue weighted by molar-refractivity contribution is -0.379. The number of carbonyl (C=O) groups excluding carboxylic acids is 1. The number of aliphatic hydroxyl groups is 11. The van der Waals surface area contributed by atoms with Gasteiger partial charge >= 0.3 is 0 Å². The Morgan fingerprint density at radius 2 is 0.627 bits per heavy atom. The molecule has 0 aromatic heterocycles. The number of rotatable bonds is 71. The molecule has 3 saturated heterocycles. The average Bonchev–Trinajstić information content (AvgIpc) is 0.780. The summed E-state index contributed by atoms with van der Waals surface area (Å²) in [7, 11) is 0. The molecule has 0 aromatic rings. The zero-order chi connectivity index (χ0) is 79.5. The molecule has 0 saturated carbocycles. The molecule has 0 radical (unpaired) electrons. The van der Waals surface area contributed by atoms with E-state index in [1.807, 2.05) is 0 Å². The van der Waals surface area contributed by atoms with Gasteiger partial charge in [-0.3, -0.25) is 4.79 Å². The Hall–Kier alpha value is -3.29. The van der Waals surface area contributed by atoms with Crippen LogP contribution in [0, 0.1) is 0 Å². The fourth-order valence-electron chi connectivity index (χ4n) is 14.6. The van der Waals surface area contributed by atoms with Gasteiger partial charge in [-0.25, -0.2) is 0 Å². The number of nitrogens with one attached hydrogen (secondary N) is 1. The van der Waals surface area contributed by atoms with Gasteiger partial charge in [0.05, 0.1) is 38.6 Å². The maximum absolute atomic E-state index is 13.5. The lowest BCUT2D eigenvalue weighted by Crippen LogP contribution is -2.66. The highest BCUT2D eigenvalue weighted by Crippen LogP contribution is 2.34. The van der Waals surface area contributed by atoms with Crippen molar-refractivity contribution < 1.29 is 89.4 Å². The van der Waals surface area contributed by atoms with Crippen LogP contribution in [0.4, 0.5) is 0 Å². The molecule has 0 spiro atoms. The van der Waals surface area contributed by atoms with Crippen molar-refractivity contribution in [2.75, 3.05) is 26.4 Å². The van der Waals surface area contributed by atoms with E-state index in [1.54, 1.807) is 0 Å². The fraction of sp³-hybridized carbons (Fsp3) is 0.813. The third-order valence-electron chi connectivity index (χ3n) is 21.7. The Morgan fingerprint density at radius 3 is 0.982 bits per heavy atom. The summed E-state index contributed by atoms with van der Waals surface area (Å²) < 4.78 is 34.6. The number of carbonyl (C=O) groups is 1. The van der Waals surface area contributed by atoms with Crippen molar-refractivity contribution >= 4 is 5.91 Å². The maximum atomic E-state index is 13.5. The molecule has 17 unspecified atom stereocenters. The summed E-state index contributed by atoms with van der Waals surface area (Å²) in [6, 6.07) is -0.901. The van der Waals surface area contributed by atoms with Crippen molar-refractivity contribution in [2.24, 2.45) is 0 Å². The quantitative estimate of drug-likeness (QED) is 0.0199. The first kappa shape index (κ1) is 101. The monoisotopic (exact) mass is 1560 g/mol. The molecule has 638 valence electrons. The predicted molar refractivity (Wildman–Crippen MR) is 443 cm³/mol. The molecule has 0 aliphatic carbocycles. The van der Waals surface area contributed by atoms with Crippen LogP contribution in [0.5, 0.6) is 0 Å². The number of allylic oxidation sites excluding steroid dienone is 16. The van der Waals surface area contributed by atoms with Crippen molar-refractivity contribution in [2.45, 2.75) is 446 Å². The number of hydrogen-bond donors (Lipinski definition) is 12. The molecule has 3 rings (SSSR count).